The van der Waals surface area contributed by atoms with Gasteiger partial charge in [-0.2, -0.15) is 0 Å². The predicted octanol–water partition coefficient (Wildman–Crippen LogP) is 2.63. The monoisotopic (exact) mass is 285 g/mol. The summed E-state index contributed by atoms with van der Waals surface area (Å²) in [5.41, 5.74) is 1.02. The van der Waals surface area contributed by atoms with Crippen molar-refractivity contribution in [3.63, 3.8) is 0 Å². The molecule has 1 fully saturated rings. The van der Waals surface area contributed by atoms with Gasteiger partial charge in [-0.1, -0.05) is 0 Å². The predicted molar refractivity (Wildman–Crippen MR) is 67.2 cm³/mol. The highest BCUT2D eigenvalue weighted by molar-refractivity contribution is 9.10. The Kier molecular flexibility index (Phi) is 3.71. The van der Waals surface area contributed by atoms with Gasteiger partial charge >= 0.3 is 0 Å². The molecule has 1 aromatic carbocycles. The third kappa shape index (κ3) is 2.33. The Balaban J connectivity index is 2.29. The molecule has 0 unspecified atom stereocenters. The third-order valence-electron chi connectivity index (χ3n) is 3.08. The van der Waals surface area contributed by atoms with Crippen LogP contribution >= 0.6 is 15.9 Å². The molecule has 0 atom stereocenters. The molecule has 1 saturated heterocycles. The smallest absolute Gasteiger partial charge is 0.136 e. The van der Waals surface area contributed by atoms with E-state index in [9.17, 15) is 5.11 Å². The van der Waals surface area contributed by atoms with Crippen LogP contribution in [0.4, 0.5) is 0 Å². The number of benzene rings is 1. The second kappa shape index (κ2) is 5.06. The molecule has 2 N–H and O–H groups in total. The summed E-state index contributed by atoms with van der Waals surface area (Å²) in [5.74, 6) is 1.46. The van der Waals surface area contributed by atoms with Crippen LogP contribution < -0.4 is 10.1 Å². The average Bonchev–Trinajstić information content (AvgIpc) is 2.32. The van der Waals surface area contributed by atoms with Crippen molar-refractivity contribution in [2.75, 3.05) is 20.2 Å². The number of hydrogen-bond donors (Lipinski definition) is 2. The number of methoxy groups -OCH3 is 1. The number of hydrogen-bond acceptors (Lipinski definition) is 3. The van der Waals surface area contributed by atoms with Crippen molar-refractivity contribution in [1.29, 1.82) is 0 Å². The molecule has 0 radical (unpaired) electrons. The SMILES string of the molecule is COc1cc(O)c(C2CCNCC2)cc1Br. The molecule has 0 spiro atoms. The van der Waals surface area contributed by atoms with E-state index >= 15 is 0 Å². The van der Waals surface area contributed by atoms with Gasteiger partial charge in [-0.3, -0.25) is 0 Å². The van der Waals surface area contributed by atoms with Crippen LogP contribution in [0.1, 0.15) is 24.3 Å². The first-order chi connectivity index (χ1) is 7.72. The molecule has 3 nitrogen and oxygen atoms in total. The van der Waals surface area contributed by atoms with Gasteiger partial charge in [0.1, 0.15) is 11.5 Å². The molecule has 0 bridgehead atoms. The van der Waals surface area contributed by atoms with E-state index < -0.39 is 0 Å². The Hall–Kier alpha value is -0.740. The van der Waals surface area contributed by atoms with E-state index in [1.165, 1.54) is 0 Å². The van der Waals surface area contributed by atoms with Crippen LogP contribution in [0.3, 0.4) is 0 Å². The molecule has 88 valence electrons. The standard InChI is InChI=1S/C12H16BrNO2/c1-16-12-7-11(15)9(6-10(12)13)8-2-4-14-5-3-8/h6-8,14-15H,2-5H2,1H3. The van der Waals surface area contributed by atoms with E-state index in [2.05, 4.69) is 21.2 Å². The van der Waals surface area contributed by atoms with E-state index in [1.807, 2.05) is 6.07 Å². The van der Waals surface area contributed by atoms with Gasteiger partial charge in [0.2, 0.25) is 0 Å². The van der Waals surface area contributed by atoms with Gasteiger partial charge in [0.25, 0.3) is 0 Å². The van der Waals surface area contributed by atoms with E-state index in [1.54, 1.807) is 13.2 Å². The molecule has 1 aliphatic heterocycles. The largest absolute Gasteiger partial charge is 0.508 e. The van der Waals surface area contributed by atoms with Gasteiger partial charge in [0.05, 0.1) is 11.6 Å². The van der Waals surface area contributed by atoms with Gasteiger partial charge in [-0.25, -0.2) is 0 Å². The van der Waals surface area contributed by atoms with Crippen molar-refractivity contribution in [3.8, 4) is 11.5 Å². The lowest BCUT2D eigenvalue weighted by Gasteiger charge is -2.24. The van der Waals surface area contributed by atoms with E-state index in [0.717, 1.165) is 36.0 Å². The fraction of sp³-hybridized carbons (Fsp3) is 0.500. The van der Waals surface area contributed by atoms with Crippen molar-refractivity contribution < 1.29 is 9.84 Å². The van der Waals surface area contributed by atoms with Gasteiger partial charge in [-0.05, 0) is 59.4 Å². The number of phenolic OH excluding ortho intramolecular Hbond substituents is 1. The summed E-state index contributed by atoms with van der Waals surface area (Å²) >= 11 is 3.46. The van der Waals surface area contributed by atoms with Crippen LogP contribution in [0.2, 0.25) is 0 Å². The second-order valence-corrected chi connectivity index (χ2v) is 4.92. The topological polar surface area (TPSA) is 41.5 Å². The summed E-state index contributed by atoms with van der Waals surface area (Å²) in [6, 6.07) is 3.66. The molecule has 0 aliphatic carbocycles. The molecule has 1 aromatic rings. The first-order valence-electron chi connectivity index (χ1n) is 5.49. The Morgan fingerprint density at radius 2 is 2.06 bits per heavy atom. The number of piperidine rings is 1. The van der Waals surface area contributed by atoms with E-state index in [4.69, 9.17) is 4.74 Å². The molecule has 16 heavy (non-hydrogen) atoms. The highest BCUT2D eigenvalue weighted by atomic mass is 79.9. The number of phenols is 1. The van der Waals surface area contributed by atoms with Crippen molar-refractivity contribution in [2.45, 2.75) is 18.8 Å². The molecule has 0 amide bonds. The number of rotatable bonds is 2. The van der Waals surface area contributed by atoms with Crippen LogP contribution in [-0.2, 0) is 0 Å². The quantitative estimate of drug-likeness (QED) is 0.878. The molecular weight excluding hydrogens is 270 g/mol. The number of halogens is 1. The lowest BCUT2D eigenvalue weighted by molar-refractivity contribution is 0.397. The van der Waals surface area contributed by atoms with Crippen LogP contribution in [0.5, 0.6) is 11.5 Å². The zero-order valence-corrected chi connectivity index (χ0v) is 10.9. The molecule has 0 saturated carbocycles. The lowest BCUT2D eigenvalue weighted by Crippen LogP contribution is -2.26. The minimum Gasteiger partial charge on any atom is -0.508 e. The summed E-state index contributed by atoms with van der Waals surface area (Å²) in [5, 5.41) is 13.3. The highest BCUT2D eigenvalue weighted by Gasteiger charge is 2.19. The zero-order valence-electron chi connectivity index (χ0n) is 9.29. The number of aromatic hydroxyl groups is 1. The third-order valence-corrected chi connectivity index (χ3v) is 3.70. The van der Waals surface area contributed by atoms with Crippen LogP contribution in [-0.4, -0.2) is 25.3 Å². The second-order valence-electron chi connectivity index (χ2n) is 4.07. The summed E-state index contributed by atoms with van der Waals surface area (Å²) in [6.45, 7) is 2.04. The van der Waals surface area contributed by atoms with Crippen LogP contribution in [0.15, 0.2) is 16.6 Å². The molecule has 1 heterocycles. The van der Waals surface area contributed by atoms with Crippen LogP contribution in [0.25, 0.3) is 0 Å². The Morgan fingerprint density at radius 3 is 2.69 bits per heavy atom. The van der Waals surface area contributed by atoms with E-state index in [-0.39, 0.29) is 0 Å². The van der Waals surface area contributed by atoms with Crippen LogP contribution in [0, 0.1) is 0 Å². The molecule has 1 aliphatic rings. The maximum atomic E-state index is 9.98. The van der Waals surface area contributed by atoms with Crippen molar-refractivity contribution in [2.24, 2.45) is 0 Å². The van der Waals surface area contributed by atoms with Crippen molar-refractivity contribution in [1.82, 2.24) is 5.32 Å². The van der Waals surface area contributed by atoms with Crippen molar-refractivity contribution in [3.05, 3.63) is 22.2 Å². The Labute approximate surface area is 104 Å². The first-order valence-corrected chi connectivity index (χ1v) is 6.28. The summed E-state index contributed by atoms with van der Waals surface area (Å²) < 4.78 is 6.05. The summed E-state index contributed by atoms with van der Waals surface area (Å²) in [7, 11) is 1.60. The minimum absolute atomic E-state index is 0.340. The summed E-state index contributed by atoms with van der Waals surface area (Å²) in [6.07, 6.45) is 2.15. The van der Waals surface area contributed by atoms with Gasteiger partial charge in [0, 0.05) is 6.07 Å². The lowest BCUT2D eigenvalue weighted by atomic mass is 9.89. The average molecular weight is 286 g/mol. The molecule has 4 heteroatoms. The zero-order chi connectivity index (χ0) is 11.5. The highest BCUT2D eigenvalue weighted by Crippen LogP contribution is 2.38. The van der Waals surface area contributed by atoms with E-state index in [0.29, 0.717) is 17.4 Å². The van der Waals surface area contributed by atoms with Gasteiger partial charge in [0.15, 0.2) is 0 Å². The Morgan fingerprint density at radius 1 is 1.38 bits per heavy atom. The molecular formula is C12H16BrNO2. The maximum Gasteiger partial charge on any atom is 0.136 e. The fourth-order valence-electron chi connectivity index (χ4n) is 2.17. The molecule has 0 aromatic heterocycles. The number of nitrogens with one attached hydrogen (secondary N) is 1. The van der Waals surface area contributed by atoms with Gasteiger partial charge < -0.3 is 15.2 Å². The van der Waals surface area contributed by atoms with Crippen molar-refractivity contribution >= 4 is 15.9 Å². The Bertz CT molecular complexity index is 376. The fourth-order valence-corrected chi connectivity index (χ4v) is 2.70. The maximum absolute atomic E-state index is 9.98. The van der Waals surface area contributed by atoms with Gasteiger partial charge in [-0.15, -0.1) is 0 Å². The number of ether oxygens (including phenoxy) is 1. The first kappa shape index (κ1) is 11.7. The molecule has 2 rings (SSSR count). The normalized spacial score (nSPS) is 17.4. The minimum atomic E-state index is 0.340. The summed E-state index contributed by atoms with van der Waals surface area (Å²) in [4.78, 5) is 0.